The number of carbonyl (C=O) groups excluding carboxylic acids is 1. The molecule has 1 heterocycles. The van der Waals surface area contributed by atoms with Crippen molar-refractivity contribution < 1.29 is 9.53 Å². The van der Waals surface area contributed by atoms with Crippen LogP contribution >= 0.6 is 0 Å². The molecule has 148 valence electrons. The van der Waals surface area contributed by atoms with Crippen LogP contribution in [-0.4, -0.2) is 17.6 Å². The van der Waals surface area contributed by atoms with Crippen molar-refractivity contribution in [3.8, 4) is 17.2 Å². The van der Waals surface area contributed by atoms with Gasteiger partial charge in [0, 0.05) is 17.8 Å². The van der Waals surface area contributed by atoms with E-state index in [0.717, 1.165) is 27.9 Å². The van der Waals surface area contributed by atoms with Gasteiger partial charge in [0.25, 0.3) is 0 Å². The van der Waals surface area contributed by atoms with Gasteiger partial charge >= 0.3 is 5.97 Å². The second kappa shape index (κ2) is 8.53. The molecular formula is C23H24N4O2. The second-order valence-corrected chi connectivity index (χ2v) is 6.78. The summed E-state index contributed by atoms with van der Waals surface area (Å²) < 4.78 is 5.11. The number of hydrogen-bond acceptors (Lipinski definition) is 5. The lowest BCUT2D eigenvalue weighted by molar-refractivity contribution is 0.0527. The lowest BCUT2D eigenvalue weighted by Gasteiger charge is -2.14. The lowest BCUT2D eigenvalue weighted by atomic mass is 10.00. The van der Waals surface area contributed by atoms with Crippen molar-refractivity contribution in [3.05, 3.63) is 70.5 Å². The fourth-order valence-electron chi connectivity index (χ4n) is 3.29. The van der Waals surface area contributed by atoms with Crippen LogP contribution < -0.4 is 11.1 Å². The first-order valence-electron chi connectivity index (χ1n) is 9.44. The molecule has 0 saturated carbocycles. The molecule has 0 atom stereocenters. The molecule has 0 aliphatic carbocycles. The first-order valence-corrected chi connectivity index (χ1v) is 9.44. The molecule has 0 aliphatic rings. The molecule has 0 unspecified atom stereocenters. The average molecular weight is 388 g/mol. The number of benzene rings is 2. The number of nitrogens with two attached hydrogens (primary N) is 1. The summed E-state index contributed by atoms with van der Waals surface area (Å²) in [6.45, 7) is 6.54. The number of anilines is 2. The Morgan fingerprint density at radius 3 is 2.59 bits per heavy atom. The van der Waals surface area contributed by atoms with Crippen LogP contribution in [0.4, 0.5) is 11.4 Å². The number of aryl methyl sites for hydroxylation is 1. The van der Waals surface area contributed by atoms with Crippen LogP contribution in [-0.2, 0) is 11.3 Å². The number of carbonyl (C=O) groups is 1. The van der Waals surface area contributed by atoms with Crippen molar-refractivity contribution in [2.24, 2.45) is 0 Å². The van der Waals surface area contributed by atoms with Crippen molar-refractivity contribution in [2.75, 3.05) is 17.7 Å². The summed E-state index contributed by atoms with van der Waals surface area (Å²) in [5.41, 5.74) is 13.1. The van der Waals surface area contributed by atoms with Gasteiger partial charge in [0.1, 0.15) is 11.8 Å². The van der Waals surface area contributed by atoms with Crippen molar-refractivity contribution in [1.29, 1.82) is 5.26 Å². The molecule has 0 amide bonds. The molecule has 0 aliphatic heterocycles. The maximum absolute atomic E-state index is 12.2. The van der Waals surface area contributed by atoms with E-state index in [9.17, 15) is 10.1 Å². The molecule has 0 radical (unpaired) electrons. The van der Waals surface area contributed by atoms with Crippen molar-refractivity contribution in [1.82, 2.24) is 4.98 Å². The predicted octanol–water partition coefficient (Wildman–Crippen LogP) is 4.54. The SMILES string of the molecule is CCOC(=O)c1cccc(N)c1NCc1ccc(-c2c(C#N)[nH]c(C)c2C)cc1. The van der Waals surface area contributed by atoms with E-state index in [2.05, 4.69) is 16.4 Å². The van der Waals surface area contributed by atoms with Crippen LogP contribution in [0, 0.1) is 25.2 Å². The summed E-state index contributed by atoms with van der Waals surface area (Å²) in [4.78, 5) is 15.3. The molecule has 4 N–H and O–H groups in total. The van der Waals surface area contributed by atoms with Gasteiger partial charge in [0.2, 0.25) is 0 Å². The number of aromatic nitrogens is 1. The van der Waals surface area contributed by atoms with Crippen LogP contribution in [0.2, 0.25) is 0 Å². The maximum atomic E-state index is 12.2. The summed E-state index contributed by atoms with van der Waals surface area (Å²) in [6.07, 6.45) is 0. The van der Waals surface area contributed by atoms with Crippen LogP contribution in [0.15, 0.2) is 42.5 Å². The Labute approximate surface area is 170 Å². The Kier molecular flexibility index (Phi) is 5.89. The summed E-state index contributed by atoms with van der Waals surface area (Å²) in [7, 11) is 0. The number of H-pyrrole nitrogens is 1. The molecule has 1 aromatic heterocycles. The molecule has 3 aromatic rings. The molecule has 2 aromatic carbocycles. The topological polar surface area (TPSA) is 104 Å². The van der Waals surface area contributed by atoms with Gasteiger partial charge in [-0.05, 0) is 49.6 Å². The Bertz CT molecular complexity index is 1080. The van der Waals surface area contributed by atoms with Gasteiger partial charge in [-0.3, -0.25) is 0 Å². The Balaban J connectivity index is 1.81. The molecule has 0 spiro atoms. The molecular weight excluding hydrogens is 364 g/mol. The third-order valence-electron chi connectivity index (χ3n) is 4.92. The van der Waals surface area contributed by atoms with Gasteiger partial charge in [-0.15, -0.1) is 0 Å². The number of esters is 1. The summed E-state index contributed by atoms with van der Waals surface area (Å²) >= 11 is 0. The van der Waals surface area contributed by atoms with Gasteiger partial charge < -0.3 is 20.8 Å². The van der Waals surface area contributed by atoms with Crippen LogP contribution in [0.1, 0.15) is 39.8 Å². The molecule has 0 bridgehead atoms. The van der Waals surface area contributed by atoms with Gasteiger partial charge in [-0.25, -0.2) is 4.79 Å². The fraction of sp³-hybridized carbons (Fsp3) is 0.217. The van der Waals surface area contributed by atoms with Crippen LogP contribution in [0.3, 0.4) is 0 Å². The van der Waals surface area contributed by atoms with Gasteiger partial charge in [0.05, 0.1) is 23.5 Å². The monoisotopic (exact) mass is 388 g/mol. The van der Waals surface area contributed by atoms with Crippen molar-refractivity contribution in [2.45, 2.75) is 27.3 Å². The van der Waals surface area contributed by atoms with E-state index in [-0.39, 0.29) is 0 Å². The zero-order valence-electron chi connectivity index (χ0n) is 16.8. The summed E-state index contributed by atoms with van der Waals surface area (Å²) in [6, 6.07) is 15.4. The highest BCUT2D eigenvalue weighted by Gasteiger charge is 2.15. The molecule has 6 heteroatoms. The number of nitrogens with one attached hydrogen (secondary N) is 2. The number of nitriles is 1. The molecule has 0 fully saturated rings. The maximum Gasteiger partial charge on any atom is 0.340 e. The minimum atomic E-state index is -0.403. The van der Waals surface area contributed by atoms with E-state index in [1.165, 1.54) is 0 Å². The van der Waals surface area contributed by atoms with Crippen molar-refractivity contribution in [3.63, 3.8) is 0 Å². The zero-order valence-corrected chi connectivity index (χ0v) is 16.8. The zero-order chi connectivity index (χ0) is 21.0. The number of para-hydroxylation sites is 1. The minimum Gasteiger partial charge on any atom is -0.462 e. The van der Waals surface area contributed by atoms with E-state index < -0.39 is 5.97 Å². The van der Waals surface area contributed by atoms with E-state index in [4.69, 9.17) is 10.5 Å². The number of hydrogen-bond donors (Lipinski definition) is 3. The Hall–Kier alpha value is -3.72. The number of aromatic amines is 1. The number of nitrogens with zero attached hydrogens (tertiary/aromatic N) is 1. The average Bonchev–Trinajstić information content (AvgIpc) is 3.01. The largest absolute Gasteiger partial charge is 0.462 e. The minimum absolute atomic E-state index is 0.303. The van der Waals surface area contributed by atoms with E-state index in [1.807, 2.05) is 38.1 Å². The molecule has 6 nitrogen and oxygen atoms in total. The fourth-order valence-corrected chi connectivity index (χ4v) is 3.29. The highest BCUT2D eigenvalue weighted by atomic mass is 16.5. The van der Waals surface area contributed by atoms with Crippen molar-refractivity contribution >= 4 is 17.3 Å². The third-order valence-corrected chi connectivity index (χ3v) is 4.92. The third kappa shape index (κ3) is 4.09. The Morgan fingerprint density at radius 1 is 1.21 bits per heavy atom. The standard InChI is InChI=1S/C23H24N4O2/c1-4-29-23(28)18-6-5-7-19(25)22(18)26-13-16-8-10-17(11-9-16)21-14(2)15(3)27-20(21)12-24/h5-11,26-27H,4,13,25H2,1-3H3. The van der Waals surface area contributed by atoms with Gasteiger partial charge in [-0.1, -0.05) is 30.3 Å². The number of nitrogen functional groups attached to an aromatic ring is 1. The highest BCUT2D eigenvalue weighted by Crippen LogP contribution is 2.30. The second-order valence-electron chi connectivity index (χ2n) is 6.78. The number of rotatable bonds is 6. The first kappa shape index (κ1) is 20.0. The van der Waals surface area contributed by atoms with Crippen LogP contribution in [0.5, 0.6) is 0 Å². The normalized spacial score (nSPS) is 10.4. The predicted molar refractivity (Wildman–Crippen MR) is 115 cm³/mol. The van der Waals surface area contributed by atoms with Gasteiger partial charge in [0.15, 0.2) is 0 Å². The molecule has 3 rings (SSSR count). The van der Waals surface area contributed by atoms with Crippen LogP contribution in [0.25, 0.3) is 11.1 Å². The number of ether oxygens (including phenoxy) is 1. The summed E-state index contributed by atoms with van der Waals surface area (Å²) in [5.74, 6) is -0.403. The smallest absolute Gasteiger partial charge is 0.340 e. The molecule has 0 saturated heterocycles. The highest BCUT2D eigenvalue weighted by molar-refractivity contribution is 5.98. The Morgan fingerprint density at radius 2 is 1.93 bits per heavy atom. The molecule has 29 heavy (non-hydrogen) atoms. The van der Waals surface area contributed by atoms with Gasteiger partial charge in [-0.2, -0.15) is 5.26 Å². The summed E-state index contributed by atoms with van der Waals surface area (Å²) in [5, 5.41) is 12.6. The lowest BCUT2D eigenvalue weighted by Crippen LogP contribution is -2.11. The van der Waals surface area contributed by atoms with E-state index >= 15 is 0 Å². The van der Waals surface area contributed by atoms with E-state index in [0.29, 0.717) is 35.8 Å². The van der Waals surface area contributed by atoms with E-state index in [1.54, 1.807) is 25.1 Å². The quantitative estimate of drug-likeness (QED) is 0.425. The first-order chi connectivity index (χ1) is 14.0.